The molecule has 2 aromatic rings. The minimum atomic E-state index is -0.0694. The van der Waals surface area contributed by atoms with Gasteiger partial charge in [-0.1, -0.05) is 29.8 Å². The molecule has 4 nitrogen and oxygen atoms in total. The third kappa shape index (κ3) is 2.53. The summed E-state index contributed by atoms with van der Waals surface area (Å²) in [5.74, 6) is 0.566. The Bertz CT molecular complexity index is 645. The molecule has 0 bridgehead atoms. The van der Waals surface area contributed by atoms with Gasteiger partial charge in [-0.05, 0) is 23.8 Å². The van der Waals surface area contributed by atoms with E-state index in [-0.39, 0.29) is 12.5 Å². The zero-order chi connectivity index (χ0) is 13.9. The minimum Gasteiger partial charge on any atom is -0.370 e. The number of aromatic nitrogens is 1. The van der Waals surface area contributed by atoms with Gasteiger partial charge in [0.15, 0.2) is 0 Å². The molecule has 1 amide bonds. The molecule has 1 aliphatic rings. The fourth-order valence-electron chi connectivity index (χ4n) is 2.19. The van der Waals surface area contributed by atoms with E-state index >= 15 is 0 Å². The molecule has 1 aliphatic heterocycles. The van der Waals surface area contributed by atoms with E-state index in [2.05, 4.69) is 4.98 Å². The van der Waals surface area contributed by atoms with E-state index < -0.39 is 0 Å². The van der Waals surface area contributed by atoms with Crippen LogP contribution in [0.15, 0.2) is 42.6 Å². The van der Waals surface area contributed by atoms with Gasteiger partial charge >= 0.3 is 0 Å². The Morgan fingerprint density at radius 3 is 2.90 bits per heavy atom. The maximum Gasteiger partial charge on any atom is 0.254 e. The Morgan fingerprint density at radius 1 is 1.25 bits per heavy atom. The molecule has 0 atom stereocenters. The first-order chi connectivity index (χ1) is 9.75. The smallest absolute Gasteiger partial charge is 0.254 e. The average Bonchev–Trinajstić information content (AvgIpc) is 2.48. The Morgan fingerprint density at radius 2 is 2.10 bits per heavy atom. The van der Waals surface area contributed by atoms with Crippen LogP contribution in [0.3, 0.4) is 0 Å². The molecule has 2 heterocycles. The molecule has 102 valence electrons. The number of anilines is 1. The topological polar surface area (TPSA) is 42.4 Å². The highest BCUT2D eigenvalue weighted by atomic mass is 35.5. The number of carbonyl (C=O) groups is 1. The van der Waals surface area contributed by atoms with Crippen LogP contribution in [-0.4, -0.2) is 30.6 Å². The van der Waals surface area contributed by atoms with Crippen LogP contribution in [0, 0.1) is 0 Å². The molecule has 3 rings (SSSR count). The third-order valence-electron chi connectivity index (χ3n) is 3.19. The van der Waals surface area contributed by atoms with Gasteiger partial charge in [0.25, 0.3) is 5.91 Å². The summed E-state index contributed by atoms with van der Waals surface area (Å²) < 4.78 is 5.13. The van der Waals surface area contributed by atoms with Gasteiger partial charge in [0.05, 0.1) is 13.2 Å². The van der Waals surface area contributed by atoms with Crippen LogP contribution in [0.25, 0.3) is 11.1 Å². The van der Waals surface area contributed by atoms with Gasteiger partial charge in [0, 0.05) is 16.8 Å². The van der Waals surface area contributed by atoms with E-state index in [1.165, 1.54) is 0 Å². The van der Waals surface area contributed by atoms with Crippen molar-refractivity contribution in [1.29, 1.82) is 0 Å². The number of amides is 1. The van der Waals surface area contributed by atoms with Crippen LogP contribution >= 0.6 is 11.6 Å². The normalized spacial score (nSPS) is 15.4. The molecule has 1 saturated heterocycles. The van der Waals surface area contributed by atoms with E-state index in [1.807, 2.05) is 36.4 Å². The minimum absolute atomic E-state index is 0.0694. The number of morpholine rings is 1. The molecule has 0 unspecified atom stereocenters. The SMILES string of the molecule is O=C1COCCN1c1cc(-c2ccccc2Cl)ccn1. The number of hydrogen-bond acceptors (Lipinski definition) is 3. The van der Waals surface area contributed by atoms with Gasteiger partial charge < -0.3 is 4.74 Å². The van der Waals surface area contributed by atoms with Gasteiger partial charge in [-0.15, -0.1) is 0 Å². The third-order valence-corrected chi connectivity index (χ3v) is 3.52. The fraction of sp³-hybridized carbons (Fsp3) is 0.200. The lowest BCUT2D eigenvalue weighted by molar-refractivity contribution is -0.125. The summed E-state index contributed by atoms with van der Waals surface area (Å²) in [6.45, 7) is 1.17. The van der Waals surface area contributed by atoms with E-state index in [0.29, 0.717) is 24.0 Å². The predicted octanol–water partition coefficient (Wildman–Crippen LogP) is 2.77. The lowest BCUT2D eigenvalue weighted by Crippen LogP contribution is -2.42. The molecule has 0 saturated carbocycles. The Hall–Kier alpha value is -1.91. The number of carbonyl (C=O) groups excluding carboxylic acids is 1. The van der Waals surface area contributed by atoms with Crippen LogP contribution in [-0.2, 0) is 9.53 Å². The summed E-state index contributed by atoms with van der Waals surface area (Å²) in [5.41, 5.74) is 1.87. The van der Waals surface area contributed by atoms with Crippen molar-refractivity contribution in [1.82, 2.24) is 4.98 Å². The summed E-state index contributed by atoms with van der Waals surface area (Å²) in [5, 5.41) is 0.679. The number of rotatable bonds is 2. The van der Waals surface area contributed by atoms with Gasteiger partial charge in [0.1, 0.15) is 12.4 Å². The molecule has 5 heteroatoms. The maximum atomic E-state index is 11.8. The van der Waals surface area contributed by atoms with Crippen molar-refractivity contribution in [3.8, 4) is 11.1 Å². The van der Waals surface area contributed by atoms with Crippen LogP contribution < -0.4 is 4.90 Å². The Labute approximate surface area is 122 Å². The molecule has 0 spiro atoms. The second-order valence-corrected chi connectivity index (χ2v) is 4.89. The number of ether oxygens (including phenoxy) is 1. The second kappa shape index (κ2) is 5.61. The van der Waals surface area contributed by atoms with Crippen molar-refractivity contribution < 1.29 is 9.53 Å². The van der Waals surface area contributed by atoms with Crippen LogP contribution in [0.1, 0.15) is 0 Å². The highest BCUT2D eigenvalue weighted by Gasteiger charge is 2.21. The number of pyridine rings is 1. The molecule has 20 heavy (non-hydrogen) atoms. The molecule has 1 fully saturated rings. The van der Waals surface area contributed by atoms with Crippen molar-refractivity contribution in [2.75, 3.05) is 24.7 Å². The predicted molar refractivity (Wildman–Crippen MR) is 77.9 cm³/mol. The quantitative estimate of drug-likeness (QED) is 0.853. The summed E-state index contributed by atoms with van der Waals surface area (Å²) in [4.78, 5) is 17.8. The standard InChI is InChI=1S/C15H13ClN2O2/c16-13-4-2-1-3-12(13)11-5-6-17-14(9-11)18-7-8-20-10-15(18)19/h1-6,9H,7-8,10H2. The molecule has 1 aromatic heterocycles. The van der Waals surface area contributed by atoms with Crippen molar-refractivity contribution >= 4 is 23.3 Å². The van der Waals surface area contributed by atoms with Crippen molar-refractivity contribution in [2.24, 2.45) is 0 Å². The summed E-state index contributed by atoms with van der Waals surface area (Å²) in [6.07, 6.45) is 1.69. The van der Waals surface area contributed by atoms with Gasteiger partial charge in [0.2, 0.25) is 0 Å². The van der Waals surface area contributed by atoms with Gasteiger partial charge in [-0.2, -0.15) is 0 Å². The van der Waals surface area contributed by atoms with E-state index in [9.17, 15) is 4.79 Å². The molecule has 0 aliphatic carbocycles. The van der Waals surface area contributed by atoms with E-state index in [0.717, 1.165) is 11.1 Å². The first-order valence-corrected chi connectivity index (χ1v) is 6.72. The van der Waals surface area contributed by atoms with Crippen LogP contribution in [0.2, 0.25) is 5.02 Å². The van der Waals surface area contributed by atoms with Crippen molar-refractivity contribution in [3.63, 3.8) is 0 Å². The summed E-state index contributed by atoms with van der Waals surface area (Å²) in [6, 6.07) is 11.4. The first kappa shape index (κ1) is 13.1. The number of nitrogens with zero attached hydrogens (tertiary/aromatic N) is 2. The fourth-order valence-corrected chi connectivity index (χ4v) is 2.43. The van der Waals surface area contributed by atoms with Crippen LogP contribution in [0.5, 0.6) is 0 Å². The lowest BCUT2D eigenvalue weighted by atomic mass is 10.1. The Kier molecular flexibility index (Phi) is 3.67. The zero-order valence-electron chi connectivity index (χ0n) is 10.8. The average molecular weight is 289 g/mol. The van der Waals surface area contributed by atoms with Gasteiger partial charge in [-0.3, -0.25) is 9.69 Å². The van der Waals surface area contributed by atoms with Crippen molar-refractivity contribution in [3.05, 3.63) is 47.6 Å². The number of halogens is 1. The summed E-state index contributed by atoms with van der Waals surface area (Å²) in [7, 11) is 0. The van der Waals surface area contributed by atoms with E-state index in [4.69, 9.17) is 16.3 Å². The highest BCUT2D eigenvalue weighted by Crippen LogP contribution is 2.29. The molecular formula is C15H13ClN2O2. The van der Waals surface area contributed by atoms with Gasteiger partial charge in [-0.25, -0.2) is 4.98 Å². The number of hydrogen-bond donors (Lipinski definition) is 0. The van der Waals surface area contributed by atoms with Crippen molar-refractivity contribution in [2.45, 2.75) is 0 Å². The largest absolute Gasteiger partial charge is 0.370 e. The maximum absolute atomic E-state index is 11.8. The second-order valence-electron chi connectivity index (χ2n) is 4.48. The molecular weight excluding hydrogens is 276 g/mol. The van der Waals surface area contributed by atoms with E-state index in [1.54, 1.807) is 11.1 Å². The van der Waals surface area contributed by atoms with Crippen LogP contribution in [0.4, 0.5) is 5.82 Å². The monoisotopic (exact) mass is 288 g/mol. The Balaban J connectivity index is 1.98. The number of benzene rings is 1. The molecule has 0 radical (unpaired) electrons. The molecule has 1 aromatic carbocycles. The lowest BCUT2D eigenvalue weighted by Gasteiger charge is -2.26. The first-order valence-electron chi connectivity index (χ1n) is 6.35. The highest BCUT2D eigenvalue weighted by molar-refractivity contribution is 6.33. The zero-order valence-corrected chi connectivity index (χ0v) is 11.5. The summed E-state index contributed by atoms with van der Waals surface area (Å²) >= 11 is 6.20. The molecule has 0 N–H and O–H groups in total.